The van der Waals surface area contributed by atoms with Gasteiger partial charge in [-0.3, -0.25) is 9.97 Å². The zero-order valence-electron chi connectivity index (χ0n) is 13.5. The fraction of sp³-hybridized carbons (Fsp3) is 0.300. The fourth-order valence-electron chi connectivity index (χ4n) is 3.09. The summed E-state index contributed by atoms with van der Waals surface area (Å²) in [6, 6.07) is 11.0. The van der Waals surface area contributed by atoms with Gasteiger partial charge >= 0.3 is 0 Å². The van der Waals surface area contributed by atoms with Gasteiger partial charge in [0, 0.05) is 34.9 Å². The normalized spacial score (nSPS) is 11.3. The van der Waals surface area contributed by atoms with Crippen LogP contribution < -0.4 is 0 Å². The monoisotopic (exact) mass is 290 g/mol. The minimum absolute atomic E-state index is 0.626. The molecule has 0 aliphatic carbocycles. The smallest absolute Gasteiger partial charge is 0.0709 e. The van der Waals surface area contributed by atoms with Gasteiger partial charge in [-0.15, -0.1) is 0 Å². The van der Waals surface area contributed by atoms with E-state index in [4.69, 9.17) is 0 Å². The molecule has 0 N–H and O–H groups in total. The molecule has 0 aliphatic heterocycles. The minimum atomic E-state index is 0.626. The summed E-state index contributed by atoms with van der Waals surface area (Å²) in [6.07, 6.45) is 7.99. The number of nitrogens with zero attached hydrogens (tertiary/aromatic N) is 2. The van der Waals surface area contributed by atoms with Gasteiger partial charge in [-0.25, -0.2) is 0 Å². The van der Waals surface area contributed by atoms with E-state index in [0.29, 0.717) is 5.92 Å². The van der Waals surface area contributed by atoms with Crippen LogP contribution in [-0.4, -0.2) is 9.97 Å². The van der Waals surface area contributed by atoms with Gasteiger partial charge in [0.2, 0.25) is 0 Å². The number of pyridine rings is 2. The van der Waals surface area contributed by atoms with E-state index in [-0.39, 0.29) is 0 Å². The first-order valence-corrected chi connectivity index (χ1v) is 8.03. The Morgan fingerprint density at radius 3 is 2.55 bits per heavy atom. The van der Waals surface area contributed by atoms with Gasteiger partial charge in [0.1, 0.15) is 0 Å². The first-order chi connectivity index (χ1) is 10.7. The summed E-state index contributed by atoms with van der Waals surface area (Å²) in [5.74, 6) is 0.626. The second-order valence-corrected chi connectivity index (χ2v) is 5.94. The van der Waals surface area contributed by atoms with Crippen LogP contribution in [0.3, 0.4) is 0 Å². The molecule has 2 heteroatoms. The Hall–Kier alpha value is -2.22. The SMILES string of the molecule is CCC(CC)c1cc(C)cc(-c2cc3cnccc3cn2)c1. The Morgan fingerprint density at radius 2 is 1.77 bits per heavy atom. The van der Waals surface area contributed by atoms with E-state index in [1.165, 1.54) is 29.5 Å². The van der Waals surface area contributed by atoms with Crippen molar-refractivity contribution in [3.63, 3.8) is 0 Å². The zero-order chi connectivity index (χ0) is 15.5. The molecule has 0 fully saturated rings. The van der Waals surface area contributed by atoms with Crippen LogP contribution in [0, 0.1) is 6.92 Å². The van der Waals surface area contributed by atoms with Gasteiger partial charge in [-0.1, -0.05) is 25.5 Å². The summed E-state index contributed by atoms with van der Waals surface area (Å²) in [4.78, 5) is 8.85. The highest BCUT2D eigenvalue weighted by atomic mass is 14.7. The number of hydrogen-bond donors (Lipinski definition) is 0. The molecule has 112 valence electrons. The number of rotatable bonds is 4. The summed E-state index contributed by atoms with van der Waals surface area (Å²) >= 11 is 0. The predicted octanol–water partition coefficient (Wildman–Crippen LogP) is 5.51. The molecule has 2 heterocycles. The molecule has 0 radical (unpaired) electrons. The molecule has 0 atom stereocenters. The van der Waals surface area contributed by atoms with Crippen molar-refractivity contribution in [3.05, 3.63) is 60.0 Å². The van der Waals surface area contributed by atoms with Crippen molar-refractivity contribution < 1.29 is 0 Å². The largest absolute Gasteiger partial charge is 0.264 e. The Balaban J connectivity index is 2.09. The second-order valence-electron chi connectivity index (χ2n) is 5.94. The van der Waals surface area contributed by atoms with Gasteiger partial charge in [-0.2, -0.15) is 0 Å². The highest BCUT2D eigenvalue weighted by Crippen LogP contribution is 2.29. The summed E-state index contributed by atoms with van der Waals surface area (Å²) in [6.45, 7) is 6.68. The van der Waals surface area contributed by atoms with Gasteiger partial charge in [0.25, 0.3) is 0 Å². The van der Waals surface area contributed by atoms with Crippen molar-refractivity contribution in [3.8, 4) is 11.3 Å². The molecule has 0 aliphatic rings. The summed E-state index contributed by atoms with van der Waals surface area (Å²) in [5.41, 5.74) is 4.95. The molecule has 0 spiro atoms. The van der Waals surface area contributed by atoms with E-state index >= 15 is 0 Å². The third-order valence-electron chi connectivity index (χ3n) is 4.37. The summed E-state index contributed by atoms with van der Waals surface area (Å²) in [7, 11) is 0. The Labute approximate surface area is 132 Å². The first kappa shape index (κ1) is 14.7. The molecule has 3 aromatic rings. The lowest BCUT2D eigenvalue weighted by molar-refractivity contribution is 0.641. The van der Waals surface area contributed by atoms with Crippen molar-refractivity contribution >= 4 is 10.8 Å². The first-order valence-electron chi connectivity index (χ1n) is 8.03. The van der Waals surface area contributed by atoms with Crippen LogP contribution in [0.25, 0.3) is 22.0 Å². The zero-order valence-corrected chi connectivity index (χ0v) is 13.5. The molecule has 0 saturated heterocycles. The van der Waals surface area contributed by atoms with E-state index < -0.39 is 0 Å². The van der Waals surface area contributed by atoms with Crippen LogP contribution in [0.1, 0.15) is 43.7 Å². The Morgan fingerprint density at radius 1 is 0.955 bits per heavy atom. The van der Waals surface area contributed by atoms with Gasteiger partial charge in [0.15, 0.2) is 0 Å². The van der Waals surface area contributed by atoms with E-state index in [2.05, 4.69) is 55.0 Å². The second kappa shape index (κ2) is 6.27. The Bertz CT molecular complexity index is 789. The fourth-order valence-corrected chi connectivity index (χ4v) is 3.09. The van der Waals surface area contributed by atoms with E-state index in [0.717, 1.165) is 16.5 Å². The van der Waals surface area contributed by atoms with Crippen molar-refractivity contribution in [2.45, 2.75) is 39.5 Å². The van der Waals surface area contributed by atoms with E-state index in [1.807, 2.05) is 24.7 Å². The minimum Gasteiger partial charge on any atom is -0.264 e. The highest BCUT2D eigenvalue weighted by molar-refractivity contribution is 5.84. The average molecular weight is 290 g/mol. The molecule has 1 aromatic carbocycles. The van der Waals surface area contributed by atoms with Crippen LogP contribution in [0.2, 0.25) is 0 Å². The van der Waals surface area contributed by atoms with E-state index in [9.17, 15) is 0 Å². The number of fused-ring (bicyclic) bond motifs is 1. The maximum absolute atomic E-state index is 4.64. The third-order valence-corrected chi connectivity index (χ3v) is 4.37. The molecule has 3 rings (SSSR count). The number of hydrogen-bond acceptors (Lipinski definition) is 2. The van der Waals surface area contributed by atoms with Crippen LogP contribution in [0.5, 0.6) is 0 Å². The van der Waals surface area contributed by atoms with Gasteiger partial charge in [0.05, 0.1) is 5.69 Å². The molecule has 2 aromatic heterocycles. The predicted molar refractivity (Wildman–Crippen MR) is 93.0 cm³/mol. The van der Waals surface area contributed by atoms with E-state index in [1.54, 1.807) is 0 Å². The Kier molecular flexibility index (Phi) is 4.19. The van der Waals surface area contributed by atoms with Crippen LogP contribution in [0.4, 0.5) is 0 Å². The highest BCUT2D eigenvalue weighted by Gasteiger charge is 2.10. The van der Waals surface area contributed by atoms with Gasteiger partial charge < -0.3 is 0 Å². The average Bonchev–Trinajstić information content (AvgIpc) is 2.55. The topological polar surface area (TPSA) is 25.8 Å². The molecule has 0 unspecified atom stereocenters. The number of benzene rings is 1. The molecular formula is C20H22N2. The molecule has 2 nitrogen and oxygen atoms in total. The molecular weight excluding hydrogens is 268 g/mol. The maximum atomic E-state index is 4.64. The summed E-state index contributed by atoms with van der Waals surface area (Å²) in [5, 5.41) is 2.27. The third kappa shape index (κ3) is 2.87. The molecule has 0 saturated carbocycles. The van der Waals surface area contributed by atoms with Crippen molar-refractivity contribution in [1.82, 2.24) is 9.97 Å². The van der Waals surface area contributed by atoms with Crippen molar-refractivity contribution in [1.29, 1.82) is 0 Å². The molecule has 0 bridgehead atoms. The van der Waals surface area contributed by atoms with Crippen molar-refractivity contribution in [2.24, 2.45) is 0 Å². The van der Waals surface area contributed by atoms with Gasteiger partial charge in [-0.05, 0) is 55.5 Å². The maximum Gasteiger partial charge on any atom is 0.0709 e. The lowest BCUT2D eigenvalue weighted by Gasteiger charge is -2.15. The van der Waals surface area contributed by atoms with Crippen LogP contribution in [0.15, 0.2) is 48.9 Å². The number of aryl methyl sites for hydroxylation is 1. The number of aromatic nitrogens is 2. The lowest BCUT2D eigenvalue weighted by Crippen LogP contribution is -1.97. The summed E-state index contributed by atoms with van der Waals surface area (Å²) < 4.78 is 0. The lowest BCUT2D eigenvalue weighted by atomic mass is 9.90. The quantitative estimate of drug-likeness (QED) is 0.633. The van der Waals surface area contributed by atoms with Crippen LogP contribution in [-0.2, 0) is 0 Å². The standard InChI is InChI=1S/C20H22N2/c1-4-15(5-2)17-8-14(3)9-18(10-17)20-11-19-12-21-7-6-16(19)13-22-20/h6-13,15H,4-5H2,1-3H3. The molecule has 0 amide bonds. The van der Waals surface area contributed by atoms with Crippen LogP contribution >= 0.6 is 0 Å². The van der Waals surface area contributed by atoms with Crippen molar-refractivity contribution in [2.75, 3.05) is 0 Å². The molecule has 22 heavy (non-hydrogen) atoms.